The predicted molar refractivity (Wildman–Crippen MR) is 62.6 cm³/mol. The van der Waals surface area contributed by atoms with Gasteiger partial charge in [-0.15, -0.1) is 0 Å². The van der Waals surface area contributed by atoms with E-state index in [2.05, 4.69) is 10.1 Å². The van der Waals surface area contributed by atoms with Crippen LogP contribution in [-0.4, -0.2) is 18.2 Å². The van der Waals surface area contributed by atoms with Gasteiger partial charge in [0, 0.05) is 5.69 Å². The van der Waals surface area contributed by atoms with E-state index in [1.807, 2.05) is 0 Å². The number of rotatable bonds is 3. The molecule has 5 heteroatoms. The average molecular weight is 236 g/mol. The molecule has 0 unspecified atom stereocenters. The number of nitrogens with one attached hydrogen (secondary N) is 1. The summed E-state index contributed by atoms with van der Waals surface area (Å²) in [5.41, 5.74) is 0.0112. The van der Waals surface area contributed by atoms with Gasteiger partial charge in [0.05, 0.1) is 0 Å². The van der Waals surface area contributed by atoms with E-state index in [1.165, 1.54) is 18.6 Å². The van der Waals surface area contributed by atoms with E-state index in [0.29, 0.717) is 11.4 Å². The molecule has 0 aromatic heterocycles. The van der Waals surface area contributed by atoms with E-state index in [9.17, 15) is 9.59 Å². The van der Waals surface area contributed by atoms with E-state index < -0.39 is 11.7 Å². The maximum atomic E-state index is 11.4. The van der Waals surface area contributed by atoms with Gasteiger partial charge in [-0.3, -0.25) is 5.32 Å². The molecule has 5 nitrogen and oxygen atoms in total. The van der Waals surface area contributed by atoms with Crippen LogP contribution in [0.1, 0.15) is 20.8 Å². The van der Waals surface area contributed by atoms with Crippen LogP contribution < -0.4 is 10.1 Å². The van der Waals surface area contributed by atoms with Crippen molar-refractivity contribution in [3.63, 3.8) is 0 Å². The third kappa shape index (κ3) is 5.01. The molecule has 0 aliphatic heterocycles. The van der Waals surface area contributed by atoms with Gasteiger partial charge in [0.1, 0.15) is 11.4 Å². The van der Waals surface area contributed by atoms with Gasteiger partial charge >= 0.3 is 12.6 Å². The molecule has 0 atom stereocenters. The first-order chi connectivity index (χ1) is 7.90. The highest BCUT2D eigenvalue weighted by Gasteiger charge is 2.15. The zero-order chi connectivity index (χ0) is 12.9. The molecule has 0 saturated carbocycles. The van der Waals surface area contributed by atoms with E-state index >= 15 is 0 Å². The van der Waals surface area contributed by atoms with Gasteiger partial charge in [-0.25, -0.2) is 9.59 Å². The van der Waals surface area contributed by atoms with Gasteiger partial charge in [-0.05, 0) is 45.0 Å². The third-order valence-corrected chi connectivity index (χ3v) is 1.66. The maximum absolute atomic E-state index is 11.4. The molecule has 91 valence electrons. The molecule has 1 aromatic carbocycles. The number of hydrogen-bond donors (Lipinski definition) is 1. The van der Waals surface area contributed by atoms with Gasteiger partial charge in [-0.1, -0.05) is 0 Å². The Morgan fingerprint density at radius 2 is 1.82 bits per heavy atom. The van der Waals surface area contributed by atoms with Crippen molar-refractivity contribution in [2.45, 2.75) is 26.4 Å². The summed E-state index contributed by atoms with van der Waals surface area (Å²) in [4.78, 5) is 21.4. The van der Waals surface area contributed by atoms with Crippen molar-refractivity contribution >= 4 is 18.3 Å². The number of amides is 1. The Bertz CT molecular complexity index is 392. The molecule has 17 heavy (non-hydrogen) atoms. The molecule has 1 N–H and O–H groups in total. The summed E-state index contributed by atoms with van der Waals surface area (Å²) in [5.74, 6) is 0.356. The molecule has 0 spiro atoms. The van der Waals surface area contributed by atoms with E-state index in [1.54, 1.807) is 32.9 Å². The van der Waals surface area contributed by atoms with Gasteiger partial charge in [-0.2, -0.15) is 0 Å². The van der Waals surface area contributed by atoms with Crippen molar-refractivity contribution in [2.75, 3.05) is 5.32 Å². The molecule has 0 bridgehead atoms. The molecule has 0 aliphatic rings. The van der Waals surface area contributed by atoms with E-state index in [-0.39, 0.29) is 0 Å². The number of carbonyl (C=O) groups excluding carboxylic acids is 2. The second kappa shape index (κ2) is 5.34. The summed E-state index contributed by atoms with van der Waals surface area (Å²) in [6.45, 7) is 6.66. The fraction of sp³-hybridized carbons (Fsp3) is 0.333. The van der Waals surface area contributed by atoms with Crippen molar-refractivity contribution in [2.24, 2.45) is 0 Å². The summed E-state index contributed by atoms with van der Waals surface area (Å²) in [6, 6.07) is 6.27. The number of carbonyl (C=O) groups is 1. The minimum atomic E-state index is -0.542. The normalized spacial score (nSPS) is 10.5. The monoisotopic (exact) mass is 236 g/mol. The number of ether oxygens (including phenoxy) is 2. The second-order valence-electron chi connectivity index (χ2n) is 4.34. The minimum Gasteiger partial charge on any atom is -0.444 e. The van der Waals surface area contributed by atoms with E-state index in [0.717, 1.165) is 0 Å². The Labute approximate surface area is 99.7 Å². The van der Waals surface area contributed by atoms with Gasteiger partial charge in [0.15, 0.2) is 0 Å². The molecule has 1 aromatic rings. The van der Waals surface area contributed by atoms with Crippen LogP contribution in [0.15, 0.2) is 24.3 Å². The first-order valence-corrected chi connectivity index (χ1v) is 5.05. The molecule has 1 radical (unpaired) electrons. The number of hydrogen-bond acceptors (Lipinski definition) is 4. The first-order valence-electron chi connectivity index (χ1n) is 5.05. The fourth-order valence-corrected chi connectivity index (χ4v) is 1.08. The predicted octanol–water partition coefficient (Wildman–Crippen LogP) is 2.48. The molecule has 0 saturated heterocycles. The first kappa shape index (κ1) is 13.0. The highest BCUT2D eigenvalue weighted by molar-refractivity contribution is 5.84. The van der Waals surface area contributed by atoms with Crippen LogP contribution in [0.4, 0.5) is 10.5 Å². The summed E-state index contributed by atoms with van der Waals surface area (Å²) >= 11 is 0. The average Bonchev–Trinajstić information content (AvgIpc) is 2.18. The standard InChI is InChI=1S/C12H14NO4/c1-12(2,3)17-11(15)13-9-4-6-10(7-5-9)16-8-14/h4-7H,1-3H3,(H,13,15). The summed E-state index contributed by atoms with van der Waals surface area (Å²) < 4.78 is 9.57. The van der Waals surface area contributed by atoms with Crippen LogP contribution in [0.5, 0.6) is 5.75 Å². The summed E-state index contributed by atoms with van der Waals surface area (Å²) in [7, 11) is 0. The van der Waals surface area contributed by atoms with Gasteiger partial charge in [0.2, 0.25) is 0 Å². The smallest absolute Gasteiger partial charge is 0.423 e. The van der Waals surface area contributed by atoms with Gasteiger partial charge in [0.25, 0.3) is 0 Å². The Balaban J connectivity index is 2.57. The van der Waals surface area contributed by atoms with Crippen molar-refractivity contribution in [1.29, 1.82) is 0 Å². The molecular formula is C12H14NO4. The van der Waals surface area contributed by atoms with Crippen LogP contribution in [0.25, 0.3) is 0 Å². The van der Waals surface area contributed by atoms with Crippen molar-refractivity contribution in [1.82, 2.24) is 0 Å². The lowest BCUT2D eigenvalue weighted by atomic mass is 10.2. The fourth-order valence-electron chi connectivity index (χ4n) is 1.08. The molecule has 1 amide bonds. The van der Waals surface area contributed by atoms with Crippen LogP contribution in [0.3, 0.4) is 0 Å². The second-order valence-corrected chi connectivity index (χ2v) is 4.34. The zero-order valence-electron chi connectivity index (χ0n) is 9.94. The van der Waals surface area contributed by atoms with Gasteiger partial charge < -0.3 is 9.47 Å². The highest BCUT2D eigenvalue weighted by atomic mass is 16.6. The summed E-state index contributed by atoms with van der Waals surface area (Å²) in [6.07, 6.45) is -0.534. The lowest BCUT2D eigenvalue weighted by Crippen LogP contribution is -2.27. The Hall–Kier alpha value is -2.04. The Kier molecular flexibility index (Phi) is 4.09. The lowest BCUT2D eigenvalue weighted by molar-refractivity contribution is 0.0636. The van der Waals surface area contributed by atoms with Crippen molar-refractivity contribution in [3.8, 4) is 5.75 Å². The Morgan fingerprint density at radius 1 is 1.24 bits per heavy atom. The molecule has 0 aliphatic carbocycles. The Morgan fingerprint density at radius 3 is 2.29 bits per heavy atom. The molecule has 0 fully saturated rings. The third-order valence-electron chi connectivity index (χ3n) is 1.66. The van der Waals surface area contributed by atoms with Crippen LogP contribution >= 0.6 is 0 Å². The van der Waals surface area contributed by atoms with Crippen molar-refractivity contribution in [3.05, 3.63) is 24.3 Å². The maximum Gasteiger partial charge on any atom is 0.423 e. The lowest BCUT2D eigenvalue weighted by Gasteiger charge is -2.19. The quantitative estimate of drug-likeness (QED) is 0.875. The summed E-state index contributed by atoms with van der Waals surface area (Å²) in [5, 5.41) is 2.55. The minimum absolute atomic E-state index is 0.356. The van der Waals surface area contributed by atoms with Crippen LogP contribution in [0.2, 0.25) is 0 Å². The van der Waals surface area contributed by atoms with Crippen LogP contribution in [-0.2, 0) is 9.53 Å². The number of benzene rings is 1. The molecule has 1 rings (SSSR count). The zero-order valence-corrected chi connectivity index (χ0v) is 9.94. The highest BCUT2D eigenvalue weighted by Crippen LogP contribution is 2.16. The van der Waals surface area contributed by atoms with E-state index in [4.69, 9.17) is 4.74 Å². The topological polar surface area (TPSA) is 64.6 Å². The largest absolute Gasteiger partial charge is 0.444 e. The number of anilines is 1. The SMILES string of the molecule is CC(C)(C)OC(=O)Nc1ccc(O[C]=O)cc1. The molecular weight excluding hydrogens is 222 g/mol. The molecule has 0 heterocycles. The van der Waals surface area contributed by atoms with Crippen LogP contribution in [0, 0.1) is 0 Å². The van der Waals surface area contributed by atoms with Crippen molar-refractivity contribution < 1.29 is 19.1 Å².